The molecule has 0 unspecified atom stereocenters. The van der Waals surface area contributed by atoms with Crippen molar-refractivity contribution in [2.24, 2.45) is 0 Å². The van der Waals surface area contributed by atoms with E-state index in [1.807, 2.05) is 6.26 Å². The third-order valence-corrected chi connectivity index (χ3v) is 5.08. The maximum absolute atomic E-state index is 11.3. The van der Waals surface area contributed by atoms with Gasteiger partial charge in [0.25, 0.3) is 11.4 Å². The van der Waals surface area contributed by atoms with E-state index in [0.29, 0.717) is 27.7 Å². The van der Waals surface area contributed by atoms with Crippen LogP contribution in [0.15, 0.2) is 72.3 Å². The number of thioether (sulfide) groups is 1. The molecular weight excluding hydrogens is 408 g/mol. The number of non-ortho nitro benzene ring substituents is 2. The zero-order chi connectivity index (χ0) is 21.3. The van der Waals surface area contributed by atoms with E-state index in [9.17, 15) is 20.2 Å². The first-order chi connectivity index (χ1) is 14.5. The first kappa shape index (κ1) is 19.3. The van der Waals surface area contributed by atoms with Crippen molar-refractivity contribution in [3.05, 3.63) is 87.5 Å². The zero-order valence-corrected chi connectivity index (χ0v) is 16.4. The van der Waals surface area contributed by atoms with E-state index in [0.717, 1.165) is 0 Å². The summed E-state index contributed by atoms with van der Waals surface area (Å²) in [6.45, 7) is 0. The van der Waals surface area contributed by atoms with Gasteiger partial charge >= 0.3 is 0 Å². The first-order valence-electron chi connectivity index (χ1n) is 8.64. The summed E-state index contributed by atoms with van der Waals surface area (Å²) in [6.07, 6.45) is 6.89. The SMILES string of the molecule is CSc1nn(-c2ccc([N+](=O)[O-])cc2)c(-c2cccc([N+](=O)[O-])c2)c1-n1ccnc1. The third-order valence-electron chi connectivity index (χ3n) is 4.42. The highest BCUT2D eigenvalue weighted by Crippen LogP contribution is 2.37. The van der Waals surface area contributed by atoms with Crippen LogP contribution in [0.1, 0.15) is 0 Å². The smallest absolute Gasteiger partial charge is 0.270 e. The number of rotatable bonds is 6. The van der Waals surface area contributed by atoms with Crippen molar-refractivity contribution in [1.29, 1.82) is 0 Å². The molecule has 0 saturated heterocycles. The average molecular weight is 422 g/mol. The fourth-order valence-corrected chi connectivity index (χ4v) is 3.64. The Balaban J connectivity index is 2.00. The molecule has 150 valence electrons. The molecule has 10 nitrogen and oxygen atoms in total. The Kier molecular flexibility index (Phi) is 5.02. The molecule has 0 spiro atoms. The third kappa shape index (κ3) is 3.42. The van der Waals surface area contributed by atoms with Crippen LogP contribution < -0.4 is 0 Å². The first-order valence-corrected chi connectivity index (χ1v) is 9.87. The molecule has 0 atom stereocenters. The number of nitro groups is 2. The summed E-state index contributed by atoms with van der Waals surface area (Å²) in [5.74, 6) is 0. The summed E-state index contributed by atoms with van der Waals surface area (Å²) in [4.78, 5) is 25.5. The molecule has 4 rings (SSSR count). The van der Waals surface area contributed by atoms with Crippen LogP contribution in [0.25, 0.3) is 22.6 Å². The Hall–Kier alpha value is -3.99. The molecule has 4 aromatic rings. The van der Waals surface area contributed by atoms with E-state index >= 15 is 0 Å². The van der Waals surface area contributed by atoms with Gasteiger partial charge in [0, 0.05) is 42.2 Å². The van der Waals surface area contributed by atoms with E-state index in [2.05, 4.69) is 10.1 Å². The van der Waals surface area contributed by atoms with Gasteiger partial charge in [-0.05, 0) is 18.4 Å². The maximum Gasteiger partial charge on any atom is 0.270 e. The minimum absolute atomic E-state index is 0.0391. The number of nitrogens with zero attached hydrogens (tertiary/aromatic N) is 6. The predicted molar refractivity (Wildman–Crippen MR) is 111 cm³/mol. The van der Waals surface area contributed by atoms with Crippen LogP contribution in [0, 0.1) is 20.2 Å². The van der Waals surface area contributed by atoms with Crippen LogP contribution in [-0.2, 0) is 0 Å². The van der Waals surface area contributed by atoms with Crippen LogP contribution in [0.5, 0.6) is 0 Å². The lowest BCUT2D eigenvalue weighted by Crippen LogP contribution is -2.02. The fraction of sp³-hybridized carbons (Fsp3) is 0.0526. The number of nitro benzene ring substituents is 2. The van der Waals surface area contributed by atoms with E-state index in [1.54, 1.807) is 52.2 Å². The average Bonchev–Trinajstić information content (AvgIpc) is 3.41. The van der Waals surface area contributed by atoms with Crippen LogP contribution >= 0.6 is 11.8 Å². The molecule has 30 heavy (non-hydrogen) atoms. The van der Waals surface area contributed by atoms with Crippen molar-refractivity contribution in [2.75, 3.05) is 6.26 Å². The lowest BCUT2D eigenvalue weighted by molar-refractivity contribution is -0.385. The number of hydrogen-bond donors (Lipinski definition) is 0. The molecule has 0 amide bonds. The second-order valence-electron chi connectivity index (χ2n) is 6.17. The molecule has 0 saturated carbocycles. The molecule has 0 N–H and O–H groups in total. The van der Waals surface area contributed by atoms with Gasteiger partial charge in [0.2, 0.25) is 0 Å². The van der Waals surface area contributed by atoms with Crippen LogP contribution in [0.3, 0.4) is 0 Å². The van der Waals surface area contributed by atoms with Gasteiger partial charge in [0.05, 0.1) is 27.6 Å². The molecule has 0 bridgehead atoms. The van der Waals surface area contributed by atoms with E-state index in [4.69, 9.17) is 0 Å². The highest BCUT2D eigenvalue weighted by molar-refractivity contribution is 7.98. The maximum atomic E-state index is 11.3. The standard InChI is InChI=1S/C19H14N6O4S/c1-30-19-18(22-10-9-20-12-22)17(13-3-2-4-16(11-13)25(28)29)23(21-19)14-5-7-15(8-6-14)24(26)27/h2-12H,1H3. The summed E-state index contributed by atoms with van der Waals surface area (Å²) in [6, 6.07) is 12.2. The van der Waals surface area contributed by atoms with Gasteiger partial charge in [0.15, 0.2) is 0 Å². The van der Waals surface area contributed by atoms with Gasteiger partial charge in [-0.2, -0.15) is 5.10 Å². The van der Waals surface area contributed by atoms with E-state index < -0.39 is 9.85 Å². The molecular formula is C19H14N6O4S. The van der Waals surface area contributed by atoms with E-state index in [1.165, 1.54) is 36.0 Å². The zero-order valence-electron chi connectivity index (χ0n) is 15.6. The second-order valence-corrected chi connectivity index (χ2v) is 6.96. The van der Waals surface area contributed by atoms with Gasteiger partial charge in [0.1, 0.15) is 10.7 Å². The molecule has 2 heterocycles. The van der Waals surface area contributed by atoms with Crippen molar-refractivity contribution in [3.63, 3.8) is 0 Å². The Bertz CT molecular complexity index is 1230. The summed E-state index contributed by atoms with van der Waals surface area (Å²) < 4.78 is 3.42. The molecule has 0 aliphatic heterocycles. The monoisotopic (exact) mass is 422 g/mol. The number of benzene rings is 2. The predicted octanol–water partition coefficient (Wildman–Crippen LogP) is 4.26. The minimum atomic E-state index is -0.474. The van der Waals surface area contributed by atoms with Crippen LogP contribution in [0.2, 0.25) is 0 Å². The summed E-state index contributed by atoms with van der Waals surface area (Å²) in [5, 5.41) is 27.7. The summed E-state index contributed by atoms with van der Waals surface area (Å²) in [7, 11) is 0. The Morgan fingerprint density at radius 3 is 2.33 bits per heavy atom. The van der Waals surface area contributed by atoms with Gasteiger partial charge in [-0.3, -0.25) is 20.2 Å². The molecule has 0 aliphatic rings. The highest BCUT2D eigenvalue weighted by atomic mass is 32.2. The fourth-order valence-electron chi connectivity index (χ4n) is 3.08. The number of aromatic nitrogens is 4. The van der Waals surface area contributed by atoms with Crippen molar-refractivity contribution in [2.45, 2.75) is 5.03 Å². The molecule has 2 aromatic heterocycles. The highest BCUT2D eigenvalue weighted by Gasteiger charge is 2.23. The second kappa shape index (κ2) is 7.79. The van der Waals surface area contributed by atoms with Crippen molar-refractivity contribution >= 4 is 23.1 Å². The van der Waals surface area contributed by atoms with Gasteiger partial charge in [-0.1, -0.05) is 12.1 Å². The Labute approximate surface area is 174 Å². The van der Waals surface area contributed by atoms with Gasteiger partial charge in [-0.15, -0.1) is 11.8 Å². The lowest BCUT2D eigenvalue weighted by Gasteiger charge is -2.10. The molecule has 0 fully saturated rings. The molecule has 0 radical (unpaired) electrons. The van der Waals surface area contributed by atoms with Crippen LogP contribution in [0.4, 0.5) is 11.4 Å². The van der Waals surface area contributed by atoms with Crippen molar-refractivity contribution in [3.8, 4) is 22.6 Å². The topological polar surface area (TPSA) is 122 Å². The molecule has 0 aliphatic carbocycles. The summed E-state index contributed by atoms with van der Waals surface area (Å²) in [5.41, 5.74) is 2.39. The number of imidazole rings is 1. The Morgan fingerprint density at radius 1 is 1.00 bits per heavy atom. The molecule has 11 heteroatoms. The van der Waals surface area contributed by atoms with Gasteiger partial charge < -0.3 is 4.57 Å². The lowest BCUT2D eigenvalue weighted by atomic mass is 10.1. The Morgan fingerprint density at radius 2 is 1.73 bits per heavy atom. The molecule has 2 aromatic carbocycles. The summed E-state index contributed by atoms with van der Waals surface area (Å²) >= 11 is 1.41. The van der Waals surface area contributed by atoms with Gasteiger partial charge in [-0.25, -0.2) is 9.67 Å². The number of hydrogen-bond acceptors (Lipinski definition) is 7. The largest absolute Gasteiger partial charge is 0.302 e. The van der Waals surface area contributed by atoms with Crippen LogP contribution in [-0.4, -0.2) is 35.4 Å². The quantitative estimate of drug-likeness (QED) is 0.258. The van der Waals surface area contributed by atoms with Crippen molar-refractivity contribution in [1.82, 2.24) is 19.3 Å². The van der Waals surface area contributed by atoms with Crippen molar-refractivity contribution < 1.29 is 9.85 Å². The normalized spacial score (nSPS) is 10.8. The minimum Gasteiger partial charge on any atom is -0.302 e. The van der Waals surface area contributed by atoms with E-state index in [-0.39, 0.29) is 11.4 Å².